The summed E-state index contributed by atoms with van der Waals surface area (Å²) < 4.78 is 13.3. The number of benzene rings is 1. The third-order valence-electron chi connectivity index (χ3n) is 4.20. The lowest BCUT2D eigenvalue weighted by atomic mass is 10.00. The molecule has 3 heterocycles. The van der Waals surface area contributed by atoms with Crippen LogP contribution in [0.1, 0.15) is 0 Å². The van der Waals surface area contributed by atoms with E-state index in [9.17, 15) is 4.39 Å². The van der Waals surface area contributed by atoms with Crippen LogP contribution in [0.4, 0.5) is 10.2 Å². The van der Waals surface area contributed by atoms with Crippen LogP contribution in [0.3, 0.4) is 0 Å². The van der Waals surface area contributed by atoms with Gasteiger partial charge in [0.05, 0.1) is 5.69 Å². The minimum atomic E-state index is -0.252. The number of H-pyrrole nitrogens is 1. The summed E-state index contributed by atoms with van der Waals surface area (Å²) in [4.78, 5) is 14.2. The first-order valence-electron chi connectivity index (χ1n) is 8.00. The summed E-state index contributed by atoms with van der Waals surface area (Å²) in [5, 5.41) is 1.02. The molecule has 0 radical (unpaired) electrons. The van der Waals surface area contributed by atoms with Gasteiger partial charge in [-0.3, -0.25) is 4.98 Å². The van der Waals surface area contributed by atoms with Gasteiger partial charge >= 0.3 is 0 Å². The number of aromatic amines is 1. The highest BCUT2D eigenvalue weighted by atomic mass is 19.1. The average molecular weight is 332 g/mol. The maximum Gasteiger partial charge on any atom is 0.140 e. The highest BCUT2D eigenvalue weighted by molar-refractivity contribution is 6.02. The molecule has 4 aromatic rings. The summed E-state index contributed by atoms with van der Waals surface area (Å²) in [6.07, 6.45) is 3.54. The van der Waals surface area contributed by atoms with Crippen LogP contribution in [0.2, 0.25) is 0 Å². The van der Waals surface area contributed by atoms with Gasteiger partial charge in [-0.1, -0.05) is 0 Å². The van der Waals surface area contributed by atoms with E-state index in [0.29, 0.717) is 0 Å². The normalized spacial score (nSPS) is 11.0. The molecule has 4 nitrogen and oxygen atoms in total. The lowest BCUT2D eigenvalue weighted by Gasteiger charge is -2.10. The number of fused-ring (bicyclic) bond motifs is 1. The van der Waals surface area contributed by atoms with Crippen molar-refractivity contribution in [1.82, 2.24) is 15.0 Å². The van der Waals surface area contributed by atoms with E-state index in [-0.39, 0.29) is 5.82 Å². The predicted octanol–water partition coefficient (Wildman–Crippen LogP) is 4.50. The molecule has 0 atom stereocenters. The van der Waals surface area contributed by atoms with Gasteiger partial charge < -0.3 is 9.88 Å². The van der Waals surface area contributed by atoms with Crippen molar-refractivity contribution in [3.8, 4) is 22.4 Å². The number of rotatable bonds is 3. The number of halogens is 1. The molecule has 0 saturated heterocycles. The fraction of sp³-hybridized carbons (Fsp3) is 0.100. The molecule has 0 aliphatic rings. The molecular formula is C20H17FN4. The Kier molecular flexibility index (Phi) is 3.69. The number of nitrogens with one attached hydrogen (secondary N) is 1. The number of aromatic nitrogens is 3. The Morgan fingerprint density at radius 3 is 2.28 bits per heavy atom. The SMILES string of the molecule is CN(C)c1ccc2c(-c3ccncc3)c(-c3ccc(F)cc3)[nH]c2n1. The van der Waals surface area contributed by atoms with Crippen molar-refractivity contribution in [2.24, 2.45) is 0 Å². The van der Waals surface area contributed by atoms with E-state index in [1.165, 1.54) is 12.1 Å². The van der Waals surface area contributed by atoms with Crippen molar-refractivity contribution in [1.29, 1.82) is 0 Å². The van der Waals surface area contributed by atoms with E-state index in [4.69, 9.17) is 4.98 Å². The summed E-state index contributed by atoms with van der Waals surface area (Å²) in [6, 6.07) is 14.5. The second-order valence-corrected chi connectivity index (χ2v) is 6.08. The maximum absolute atomic E-state index is 13.3. The zero-order valence-electron chi connectivity index (χ0n) is 14.0. The minimum absolute atomic E-state index is 0.252. The first kappa shape index (κ1) is 15.3. The van der Waals surface area contributed by atoms with Crippen molar-refractivity contribution < 1.29 is 4.39 Å². The summed E-state index contributed by atoms with van der Waals surface area (Å²) in [5.41, 5.74) is 4.72. The third-order valence-corrected chi connectivity index (χ3v) is 4.20. The summed E-state index contributed by atoms with van der Waals surface area (Å²) >= 11 is 0. The molecule has 5 heteroatoms. The van der Waals surface area contributed by atoms with Gasteiger partial charge in [0, 0.05) is 37.4 Å². The zero-order valence-corrected chi connectivity index (χ0v) is 14.0. The number of pyridine rings is 2. The molecule has 0 aliphatic carbocycles. The molecule has 0 fully saturated rings. The lowest BCUT2D eigenvalue weighted by Crippen LogP contribution is -2.10. The Morgan fingerprint density at radius 1 is 0.880 bits per heavy atom. The first-order valence-corrected chi connectivity index (χ1v) is 8.00. The van der Waals surface area contributed by atoms with Crippen LogP contribution in [0.15, 0.2) is 60.9 Å². The largest absolute Gasteiger partial charge is 0.363 e. The van der Waals surface area contributed by atoms with E-state index in [1.807, 2.05) is 37.2 Å². The van der Waals surface area contributed by atoms with Crippen molar-refractivity contribution in [3.63, 3.8) is 0 Å². The van der Waals surface area contributed by atoms with Crippen molar-refractivity contribution in [2.45, 2.75) is 0 Å². The number of hydrogen-bond donors (Lipinski definition) is 1. The van der Waals surface area contributed by atoms with Gasteiger partial charge in [0.2, 0.25) is 0 Å². The fourth-order valence-electron chi connectivity index (χ4n) is 2.96. The van der Waals surface area contributed by atoms with Crippen LogP contribution in [0.5, 0.6) is 0 Å². The highest BCUT2D eigenvalue weighted by Crippen LogP contribution is 2.38. The van der Waals surface area contributed by atoms with Crippen molar-refractivity contribution in [3.05, 3.63) is 66.7 Å². The van der Waals surface area contributed by atoms with Crippen LogP contribution in [-0.2, 0) is 0 Å². The number of nitrogens with zero attached hydrogens (tertiary/aromatic N) is 3. The standard InChI is InChI=1S/C20H17FN4/c1-25(2)17-8-7-16-18(13-9-11-22-12-10-13)19(24-20(16)23-17)14-3-5-15(21)6-4-14/h3-12H,1-2H3,(H,23,24). The van der Waals surface area contributed by atoms with Crippen molar-refractivity contribution >= 4 is 16.9 Å². The molecule has 4 rings (SSSR count). The topological polar surface area (TPSA) is 44.8 Å². The van der Waals surface area contributed by atoms with Crippen LogP contribution in [0, 0.1) is 5.82 Å². The van der Waals surface area contributed by atoms with E-state index < -0.39 is 0 Å². The summed E-state index contributed by atoms with van der Waals surface area (Å²) in [7, 11) is 3.92. The Bertz CT molecular complexity index is 1020. The minimum Gasteiger partial charge on any atom is -0.363 e. The van der Waals surface area contributed by atoms with E-state index in [1.54, 1.807) is 24.5 Å². The Hall–Kier alpha value is -3.21. The average Bonchev–Trinajstić information content (AvgIpc) is 3.01. The van der Waals surface area contributed by atoms with Gasteiger partial charge in [-0.2, -0.15) is 0 Å². The molecule has 0 bridgehead atoms. The molecule has 0 aliphatic heterocycles. The molecule has 1 N–H and O–H groups in total. The summed E-state index contributed by atoms with van der Waals surface area (Å²) in [5.74, 6) is 0.624. The number of hydrogen-bond acceptors (Lipinski definition) is 3. The van der Waals surface area contributed by atoms with E-state index >= 15 is 0 Å². The Labute approximate surface area is 145 Å². The number of anilines is 1. The third kappa shape index (κ3) is 2.74. The summed E-state index contributed by atoms with van der Waals surface area (Å²) in [6.45, 7) is 0. The van der Waals surface area contributed by atoms with Crippen LogP contribution < -0.4 is 4.90 Å². The van der Waals surface area contributed by atoms with E-state index in [0.717, 1.165) is 39.2 Å². The smallest absolute Gasteiger partial charge is 0.140 e. The maximum atomic E-state index is 13.3. The van der Waals surface area contributed by atoms with Gasteiger partial charge in [0.25, 0.3) is 0 Å². The Morgan fingerprint density at radius 2 is 1.60 bits per heavy atom. The monoisotopic (exact) mass is 332 g/mol. The van der Waals surface area contributed by atoms with Crippen LogP contribution in [-0.4, -0.2) is 29.0 Å². The Balaban J connectivity index is 2.01. The van der Waals surface area contributed by atoms with Crippen molar-refractivity contribution in [2.75, 3.05) is 19.0 Å². The molecule has 0 spiro atoms. The molecular weight excluding hydrogens is 315 g/mol. The quantitative estimate of drug-likeness (QED) is 0.601. The molecule has 3 aromatic heterocycles. The van der Waals surface area contributed by atoms with Gasteiger partial charge in [-0.15, -0.1) is 0 Å². The van der Waals surface area contributed by atoms with Gasteiger partial charge in [0.1, 0.15) is 17.3 Å². The molecule has 0 unspecified atom stereocenters. The molecule has 0 saturated carbocycles. The predicted molar refractivity (Wildman–Crippen MR) is 99.0 cm³/mol. The van der Waals surface area contributed by atoms with Gasteiger partial charge in [-0.05, 0) is 59.7 Å². The molecule has 0 amide bonds. The van der Waals surface area contributed by atoms with E-state index in [2.05, 4.69) is 16.0 Å². The second-order valence-electron chi connectivity index (χ2n) is 6.08. The van der Waals surface area contributed by atoms with Gasteiger partial charge in [0.15, 0.2) is 0 Å². The lowest BCUT2D eigenvalue weighted by molar-refractivity contribution is 0.628. The molecule has 124 valence electrons. The van der Waals surface area contributed by atoms with Crippen LogP contribution in [0.25, 0.3) is 33.4 Å². The zero-order chi connectivity index (χ0) is 17.4. The van der Waals surface area contributed by atoms with Gasteiger partial charge in [-0.25, -0.2) is 9.37 Å². The highest BCUT2D eigenvalue weighted by Gasteiger charge is 2.16. The second kappa shape index (κ2) is 6.02. The fourth-order valence-corrected chi connectivity index (χ4v) is 2.96. The molecule has 1 aromatic carbocycles. The molecule has 25 heavy (non-hydrogen) atoms. The first-order chi connectivity index (χ1) is 12.1. The van der Waals surface area contributed by atoms with Crippen LogP contribution >= 0.6 is 0 Å².